The first kappa shape index (κ1) is 7.65. The number of rotatable bonds is 3. The van der Waals surface area contributed by atoms with E-state index in [0.717, 1.165) is 9.88 Å². The van der Waals surface area contributed by atoms with Crippen molar-refractivity contribution in [2.45, 2.75) is 13.2 Å². The standard InChI is InChI=1S/C6H10N2OS/c1-9-4-6-8-3-5(2-7)10-6/h3H,2,4,7H2,1H3. The van der Waals surface area contributed by atoms with Crippen LogP contribution in [0.4, 0.5) is 0 Å². The molecule has 3 nitrogen and oxygen atoms in total. The number of thiazole rings is 1. The minimum absolute atomic E-state index is 0.571. The summed E-state index contributed by atoms with van der Waals surface area (Å²) in [5.41, 5.74) is 5.39. The molecule has 0 bridgehead atoms. The molecule has 10 heavy (non-hydrogen) atoms. The van der Waals surface area contributed by atoms with Crippen molar-refractivity contribution in [3.05, 3.63) is 16.1 Å². The first-order chi connectivity index (χ1) is 4.86. The predicted octanol–water partition coefficient (Wildman–Crippen LogP) is 0.748. The van der Waals surface area contributed by atoms with Crippen LogP contribution in [0.5, 0.6) is 0 Å². The van der Waals surface area contributed by atoms with E-state index < -0.39 is 0 Å². The zero-order valence-corrected chi connectivity index (χ0v) is 6.65. The third-order valence-electron chi connectivity index (χ3n) is 1.07. The molecular formula is C6H10N2OS. The quantitative estimate of drug-likeness (QED) is 0.706. The van der Waals surface area contributed by atoms with Gasteiger partial charge >= 0.3 is 0 Å². The van der Waals surface area contributed by atoms with Crippen molar-refractivity contribution in [3.63, 3.8) is 0 Å². The second-order valence-corrected chi connectivity index (χ2v) is 3.06. The molecule has 1 aromatic rings. The largest absolute Gasteiger partial charge is 0.378 e. The van der Waals surface area contributed by atoms with Crippen LogP contribution >= 0.6 is 11.3 Å². The molecule has 1 rings (SSSR count). The second kappa shape index (κ2) is 3.65. The summed E-state index contributed by atoms with van der Waals surface area (Å²) in [5, 5.41) is 0.989. The maximum atomic E-state index is 5.39. The van der Waals surface area contributed by atoms with Gasteiger partial charge in [-0.15, -0.1) is 11.3 Å². The van der Waals surface area contributed by atoms with Crippen molar-refractivity contribution >= 4 is 11.3 Å². The Hall–Kier alpha value is -0.450. The number of methoxy groups -OCH3 is 1. The van der Waals surface area contributed by atoms with Gasteiger partial charge in [0.25, 0.3) is 0 Å². The van der Waals surface area contributed by atoms with Gasteiger partial charge < -0.3 is 10.5 Å². The molecule has 0 aliphatic carbocycles. The normalized spacial score (nSPS) is 10.2. The van der Waals surface area contributed by atoms with Crippen molar-refractivity contribution in [1.29, 1.82) is 0 Å². The minimum atomic E-state index is 0.571. The molecule has 2 N–H and O–H groups in total. The van der Waals surface area contributed by atoms with Crippen LogP contribution in [-0.2, 0) is 17.9 Å². The zero-order valence-electron chi connectivity index (χ0n) is 5.83. The lowest BCUT2D eigenvalue weighted by molar-refractivity contribution is 0.184. The molecule has 0 unspecified atom stereocenters. The Balaban J connectivity index is 2.59. The molecule has 0 saturated carbocycles. The van der Waals surface area contributed by atoms with Gasteiger partial charge in [0, 0.05) is 24.7 Å². The number of ether oxygens (including phenoxy) is 1. The molecule has 0 saturated heterocycles. The van der Waals surface area contributed by atoms with E-state index in [1.807, 2.05) is 0 Å². The van der Waals surface area contributed by atoms with Gasteiger partial charge in [0.15, 0.2) is 0 Å². The highest BCUT2D eigenvalue weighted by Crippen LogP contribution is 2.11. The van der Waals surface area contributed by atoms with Gasteiger partial charge in [-0.2, -0.15) is 0 Å². The highest BCUT2D eigenvalue weighted by atomic mass is 32.1. The van der Waals surface area contributed by atoms with Gasteiger partial charge in [0.05, 0.1) is 6.61 Å². The lowest BCUT2D eigenvalue weighted by Gasteiger charge is -1.88. The van der Waals surface area contributed by atoms with Crippen LogP contribution in [-0.4, -0.2) is 12.1 Å². The van der Waals surface area contributed by atoms with E-state index in [4.69, 9.17) is 10.5 Å². The summed E-state index contributed by atoms with van der Waals surface area (Å²) in [5.74, 6) is 0. The van der Waals surface area contributed by atoms with E-state index in [9.17, 15) is 0 Å². The summed E-state index contributed by atoms with van der Waals surface area (Å²) < 4.78 is 4.89. The third-order valence-corrected chi connectivity index (χ3v) is 2.06. The van der Waals surface area contributed by atoms with Crippen LogP contribution in [0.3, 0.4) is 0 Å². The molecule has 0 fully saturated rings. The molecule has 0 spiro atoms. The van der Waals surface area contributed by atoms with Crippen molar-refractivity contribution in [3.8, 4) is 0 Å². The van der Waals surface area contributed by atoms with Gasteiger partial charge in [-0.25, -0.2) is 4.98 Å². The molecule has 0 amide bonds. The van der Waals surface area contributed by atoms with E-state index in [2.05, 4.69) is 4.98 Å². The topological polar surface area (TPSA) is 48.1 Å². The first-order valence-electron chi connectivity index (χ1n) is 2.99. The summed E-state index contributed by atoms with van der Waals surface area (Å²) in [6.45, 7) is 1.16. The molecule has 1 aromatic heterocycles. The Kier molecular flexibility index (Phi) is 2.80. The predicted molar refractivity (Wildman–Crippen MR) is 40.7 cm³/mol. The van der Waals surface area contributed by atoms with Gasteiger partial charge in [0.1, 0.15) is 5.01 Å². The SMILES string of the molecule is COCc1ncc(CN)s1. The van der Waals surface area contributed by atoms with Gasteiger partial charge in [-0.1, -0.05) is 0 Å². The molecule has 56 valence electrons. The maximum absolute atomic E-state index is 5.39. The van der Waals surface area contributed by atoms with Crippen molar-refractivity contribution in [2.75, 3.05) is 7.11 Å². The second-order valence-electron chi connectivity index (χ2n) is 1.86. The molecule has 4 heteroatoms. The fourth-order valence-electron chi connectivity index (χ4n) is 0.633. The van der Waals surface area contributed by atoms with E-state index in [1.165, 1.54) is 0 Å². The molecular weight excluding hydrogens is 148 g/mol. The minimum Gasteiger partial charge on any atom is -0.378 e. The Morgan fingerprint density at radius 3 is 3.10 bits per heavy atom. The average Bonchev–Trinajstić information content (AvgIpc) is 2.37. The first-order valence-corrected chi connectivity index (χ1v) is 3.81. The summed E-state index contributed by atoms with van der Waals surface area (Å²) in [7, 11) is 1.66. The average molecular weight is 158 g/mol. The monoisotopic (exact) mass is 158 g/mol. The summed E-state index contributed by atoms with van der Waals surface area (Å²) >= 11 is 1.60. The van der Waals surface area contributed by atoms with Crippen LogP contribution in [0.1, 0.15) is 9.88 Å². The third kappa shape index (κ3) is 1.76. The van der Waals surface area contributed by atoms with Gasteiger partial charge in [-0.3, -0.25) is 0 Å². The smallest absolute Gasteiger partial charge is 0.119 e. The molecule has 0 atom stereocenters. The summed E-state index contributed by atoms with van der Waals surface area (Å²) in [4.78, 5) is 5.19. The lowest BCUT2D eigenvalue weighted by atomic mass is 10.6. The van der Waals surface area contributed by atoms with Crippen LogP contribution in [0.15, 0.2) is 6.20 Å². The number of hydrogen-bond acceptors (Lipinski definition) is 4. The van der Waals surface area contributed by atoms with Crippen molar-refractivity contribution in [1.82, 2.24) is 4.98 Å². The van der Waals surface area contributed by atoms with E-state index >= 15 is 0 Å². The molecule has 1 heterocycles. The Labute approximate surface area is 63.8 Å². The number of aromatic nitrogens is 1. The van der Waals surface area contributed by atoms with Crippen LogP contribution in [0.2, 0.25) is 0 Å². The van der Waals surface area contributed by atoms with Gasteiger partial charge in [-0.05, 0) is 0 Å². The highest BCUT2D eigenvalue weighted by Gasteiger charge is 1.97. The maximum Gasteiger partial charge on any atom is 0.119 e. The van der Waals surface area contributed by atoms with Crippen LogP contribution in [0.25, 0.3) is 0 Å². The Morgan fingerprint density at radius 1 is 1.80 bits per heavy atom. The summed E-state index contributed by atoms with van der Waals surface area (Å²) in [6, 6.07) is 0. The van der Waals surface area contributed by atoms with Crippen molar-refractivity contribution < 1.29 is 4.74 Å². The molecule has 0 aromatic carbocycles. The molecule has 0 aliphatic heterocycles. The van der Waals surface area contributed by atoms with Crippen LogP contribution < -0.4 is 5.73 Å². The summed E-state index contributed by atoms with van der Waals surface area (Å²) in [6.07, 6.45) is 1.79. The zero-order chi connectivity index (χ0) is 7.40. The molecule has 0 radical (unpaired) electrons. The van der Waals surface area contributed by atoms with Crippen LogP contribution in [0, 0.1) is 0 Å². The van der Waals surface area contributed by atoms with Crippen molar-refractivity contribution in [2.24, 2.45) is 5.73 Å². The number of hydrogen-bond donors (Lipinski definition) is 1. The van der Waals surface area contributed by atoms with E-state index in [-0.39, 0.29) is 0 Å². The molecule has 0 aliphatic rings. The number of nitrogens with two attached hydrogens (primary N) is 1. The fourth-order valence-corrected chi connectivity index (χ4v) is 1.41. The lowest BCUT2D eigenvalue weighted by Crippen LogP contribution is -1.91. The Morgan fingerprint density at radius 2 is 2.60 bits per heavy atom. The van der Waals surface area contributed by atoms with E-state index in [1.54, 1.807) is 24.6 Å². The fraction of sp³-hybridized carbons (Fsp3) is 0.500. The highest BCUT2D eigenvalue weighted by molar-refractivity contribution is 7.11. The van der Waals surface area contributed by atoms with E-state index in [0.29, 0.717) is 13.2 Å². The van der Waals surface area contributed by atoms with Gasteiger partial charge in [0.2, 0.25) is 0 Å². The number of nitrogens with zero attached hydrogens (tertiary/aromatic N) is 1. The Bertz CT molecular complexity index is 199.